The Labute approximate surface area is 146 Å². The topological polar surface area (TPSA) is 96.3 Å². The van der Waals surface area contributed by atoms with Gasteiger partial charge in [-0.3, -0.25) is 14.8 Å². The maximum Gasteiger partial charge on any atom is 0.237 e. The van der Waals surface area contributed by atoms with Crippen LogP contribution in [0.25, 0.3) is 0 Å². The number of carbonyl (C=O) groups is 1. The monoisotopic (exact) mass is 347 g/mol. The van der Waals surface area contributed by atoms with Gasteiger partial charge in [-0.15, -0.1) is 0 Å². The Morgan fingerprint density at radius 1 is 1.52 bits per heavy atom. The number of furan rings is 1. The Morgan fingerprint density at radius 3 is 3.04 bits per heavy atom. The fourth-order valence-corrected chi connectivity index (χ4v) is 2.99. The van der Waals surface area contributed by atoms with Crippen molar-refractivity contribution in [1.29, 1.82) is 0 Å². The van der Waals surface area contributed by atoms with Crippen molar-refractivity contribution in [2.75, 3.05) is 19.7 Å². The van der Waals surface area contributed by atoms with Crippen LogP contribution in [-0.2, 0) is 16.0 Å². The summed E-state index contributed by atoms with van der Waals surface area (Å²) in [5.74, 6) is 2.27. The first-order valence-corrected chi connectivity index (χ1v) is 8.60. The number of nitrogens with one attached hydrogen (secondary N) is 2. The fourth-order valence-electron chi connectivity index (χ4n) is 2.99. The molecule has 2 N–H and O–H groups in total. The molecule has 1 fully saturated rings. The molecule has 0 aliphatic carbocycles. The summed E-state index contributed by atoms with van der Waals surface area (Å²) >= 11 is 0. The van der Waals surface area contributed by atoms with Crippen molar-refractivity contribution in [3.63, 3.8) is 0 Å². The van der Waals surface area contributed by atoms with E-state index in [1.54, 1.807) is 6.26 Å². The number of aromatic nitrogens is 3. The maximum atomic E-state index is 12.6. The number of aryl methyl sites for hydroxylation is 1. The van der Waals surface area contributed by atoms with Gasteiger partial charge in [0.2, 0.25) is 5.91 Å². The van der Waals surface area contributed by atoms with Crippen molar-refractivity contribution in [3.8, 4) is 0 Å². The first kappa shape index (κ1) is 17.6. The zero-order valence-electron chi connectivity index (χ0n) is 14.9. The van der Waals surface area contributed by atoms with Gasteiger partial charge in [-0.1, -0.05) is 0 Å². The molecule has 1 amide bonds. The quantitative estimate of drug-likeness (QED) is 0.815. The summed E-state index contributed by atoms with van der Waals surface area (Å²) in [5, 5.41) is 10.1. The van der Waals surface area contributed by atoms with Crippen LogP contribution in [0.5, 0.6) is 0 Å². The standard InChI is InChI=1S/C17H25N5O3/c1-11(9-14-5-4-7-24-14)18-17(23)12(2)22-6-8-25-15(10-22)16-19-13(3)20-21-16/h4-5,7,11-12,15H,6,8-10H2,1-3H3,(H,18,23)(H,19,20,21)/t11-,12+,15+/m1/s1. The lowest BCUT2D eigenvalue weighted by Crippen LogP contribution is -2.52. The predicted octanol–water partition coefficient (Wildman–Crippen LogP) is 1.22. The molecule has 136 valence electrons. The van der Waals surface area contributed by atoms with Crippen molar-refractivity contribution < 1.29 is 13.9 Å². The minimum absolute atomic E-state index is 0.00544. The number of ether oxygens (including phenoxy) is 1. The number of carbonyl (C=O) groups excluding carboxylic acids is 1. The number of nitrogens with zero attached hydrogens (tertiary/aromatic N) is 3. The minimum atomic E-state index is -0.245. The third-order valence-electron chi connectivity index (χ3n) is 4.40. The highest BCUT2D eigenvalue weighted by Gasteiger charge is 2.31. The number of aromatic amines is 1. The molecule has 0 radical (unpaired) electrons. The molecule has 0 saturated carbocycles. The lowest BCUT2D eigenvalue weighted by molar-refractivity contribution is -0.130. The average molecular weight is 347 g/mol. The Hall–Kier alpha value is -2.19. The third-order valence-corrected chi connectivity index (χ3v) is 4.40. The first-order chi connectivity index (χ1) is 12.0. The highest BCUT2D eigenvalue weighted by molar-refractivity contribution is 5.81. The van der Waals surface area contributed by atoms with Gasteiger partial charge in [0, 0.05) is 25.6 Å². The molecule has 2 aromatic heterocycles. The predicted molar refractivity (Wildman–Crippen MR) is 90.9 cm³/mol. The largest absolute Gasteiger partial charge is 0.469 e. The summed E-state index contributed by atoms with van der Waals surface area (Å²) in [6, 6.07) is 3.53. The highest BCUT2D eigenvalue weighted by atomic mass is 16.5. The van der Waals surface area contributed by atoms with E-state index in [0.29, 0.717) is 31.9 Å². The van der Waals surface area contributed by atoms with Gasteiger partial charge in [0.05, 0.1) is 18.9 Å². The van der Waals surface area contributed by atoms with Gasteiger partial charge in [0.15, 0.2) is 5.82 Å². The number of rotatable bonds is 6. The molecular weight excluding hydrogens is 322 g/mol. The maximum absolute atomic E-state index is 12.6. The highest BCUT2D eigenvalue weighted by Crippen LogP contribution is 2.20. The molecule has 1 aliphatic rings. The Balaban J connectivity index is 1.54. The van der Waals surface area contributed by atoms with Gasteiger partial charge < -0.3 is 14.5 Å². The van der Waals surface area contributed by atoms with E-state index in [4.69, 9.17) is 9.15 Å². The first-order valence-electron chi connectivity index (χ1n) is 8.60. The van der Waals surface area contributed by atoms with Gasteiger partial charge in [0.1, 0.15) is 17.7 Å². The molecular formula is C17H25N5O3. The number of H-pyrrole nitrogens is 1. The van der Waals surface area contributed by atoms with Gasteiger partial charge in [0.25, 0.3) is 0 Å². The molecule has 0 bridgehead atoms. The number of hydrogen-bond donors (Lipinski definition) is 2. The lowest BCUT2D eigenvalue weighted by Gasteiger charge is -2.35. The lowest BCUT2D eigenvalue weighted by atomic mass is 10.1. The molecule has 0 spiro atoms. The van der Waals surface area contributed by atoms with E-state index < -0.39 is 0 Å². The summed E-state index contributed by atoms with van der Waals surface area (Å²) in [5.41, 5.74) is 0. The Morgan fingerprint density at radius 2 is 2.36 bits per heavy atom. The molecule has 1 saturated heterocycles. The van der Waals surface area contributed by atoms with Crippen LogP contribution in [0.15, 0.2) is 22.8 Å². The molecule has 0 aromatic carbocycles. The van der Waals surface area contributed by atoms with E-state index in [9.17, 15) is 4.79 Å². The third kappa shape index (κ3) is 4.46. The van der Waals surface area contributed by atoms with Crippen LogP contribution in [-0.4, -0.2) is 57.8 Å². The second kappa shape index (κ2) is 7.79. The molecule has 3 heterocycles. The molecule has 8 nitrogen and oxygen atoms in total. The Kier molecular flexibility index (Phi) is 5.50. The SMILES string of the molecule is Cc1nc([C@@H]2CN([C@@H](C)C(=O)N[C@H](C)Cc3ccco3)CCO2)n[nH]1. The number of amides is 1. The van der Waals surface area contributed by atoms with Crippen LogP contribution >= 0.6 is 0 Å². The molecule has 3 rings (SSSR count). The average Bonchev–Trinajstić information content (AvgIpc) is 3.25. The van der Waals surface area contributed by atoms with Crippen LogP contribution in [0.4, 0.5) is 0 Å². The van der Waals surface area contributed by atoms with E-state index in [1.165, 1.54) is 0 Å². The summed E-state index contributed by atoms with van der Waals surface area (Å²) < 4.78 is 11.1. The van der Waals surface area contributed by atoms with Crippen LogP contribution < -0.4 is 5.32 Å². The number of hydrogen-bond acceptors (Lipinski definition) is 6. The molecule has 8 heteroatoms. The zero-order valence-corrected chi connectivity index (χ0v) is 14.9. The Bertz CT molecular complexity index is 684. The van der Waals surface area contributed by atoms with Gasteiger partial charge in [-0.2, -0.15) is 5.10 Å². The van der Waals surface area contributed by atoms with E-state index in [2.05, 4.69) is 25.4 Å². The second-order valence-electron chi connectivity index (χ2n) is 6.50. The van der Waals surface area contributed by atoms with Gasteiger partial charge >= 0.3 is 0 Å². The molecule has 3 atom stereocenters. The van der Waals surface area contributed by atoms with Crippen molar-refractivity contribution in [1.82, 2.24) is 25.4 Å². The van der Waals surface area contributed by atoms with E-state index in [0.717, 1.165) is 11.6 Å². The van der Waals surface area contributed by atoms with Crippen LogP contribution in [0.2, 0.25) is 0 Å². The smallest absolute Gasteiger partial charge is 0.237 e. The molecule has 1 aliphatic heterocycles. The van der Waals surface area contributed by atoms with Crippen molar-refractivity contribution in [2.45, 2.75) is 45.4 Å². The summed E-state index contributed by atoms with van der Waals surface area (Å²) in [4.78, 5) is 19.0. The van der Waals surface area contributed by atoms with Crippen molar-refractivity contribution in [3.05, 3.63) is 35.8 Å². The molecule has 2 aromatic rings. The number of morpholine rings is 1. The summed E-state index contributed by atoms with van der Waals surface area (Å²) in [6.45, 7) is 7.61. The second-order valence-corrected chi connectivity index (χ2v) is 6.50. The van der Waals surface area contributed by atoms with Crippen LogP contribution in [0.1, 0.15) is 37.4 Å². The summed E-state index contributed by atoms with van der Waals surface area (Å²) in [7, 11) is 0. The zero-order chi connectivity index (χ0) is 17.8. The van der Waals surface area contributed by atoms with E-state index in [1.807, 2.05) is 32.9 Å². The van der Waals surface area contributed by atoms with Crippen LogP contribution in [0, 0.1) is 6.92 Å². The summed E-state index contributed by atoms with van der Waals surface area (Å²) in [6.07, 6.45) is 2.10. The van der Waals surface area contributed by atoms with E-state index >= 15 is 0 Å². The fraction of sp³-hybridized carbons (Fsp3) is 0.588. The van der Waals surface area contributed by atoms with Crippen molar-refractivity contribution in [2.24, 2.45) is 0 Å². The normalized spacial score (nSPS) is 21.0. The van der Waals surface area contributed by atoms with E-state index in [-0.39, 0.29) is 24.1 Å². The van der Waals surface area contributed by atoms with Gasteiger partial charge in [-0.05, 0) is 32.9 Å². The molecule has 0 unspecified atom stereocenters. The van der Waals surface area contributed by atoms with Gasteiger partial charge in [-0.25, -0.2) is 4.98 Å². The van der Waals surface area contributed by atoms with Crippen molar-refractivity contribution >= 4 is 5.91 Å². The molecule has 25 heavy (non-hydrogen) atoms. The van der Waals surface area contributed by atoms with Crippen LogP contribution in [0.3, 0.4) is 0 Å². The minimum Gasteiger partial charge on any atom is -0.469 e.